The van der Waals surface area contributed by atoms with Gasteiger partial charge in [0, 0.05) is 6.07 Å². The average Bonchev–Trinajstić information content (AvgIpc) is 2.65. The van der Waals surface area contributed by atoms with Crippen molar-refractivity contribution in [1.29, 1.82) is 0 Å². The van der Waals surface area contributed by atoms with Gasteiger partial charge in [-0.1, -0.05) is 23.2 Å². The Hall–Kier alpha value is -1.26. The van der Waals surface area contributed by atoms with E-state index < -0.39 is 0 Å². The van der Waals surface area contributed by atoms with Crippen molar-refractivity contribution in [2.45, 2.75) is 6.54 Å². The Kier molecular flexibility index (Phi) is 3.08. The monoisotopic (exact) mass is 243 g/mol. The third-order valence-electron chi connectivity index (χ3n) is 1.66. The maximum atomic E-state index is 5.71. The minimum atomic E-state index is 0.303. The molecule has 15 heavy (non-hydrogen) atoms. The maximum absolute atomic E-state index is 5.71. The number of halogens is 2. The largest absolute Gasteiger partial charge is 0.467 e. The molecule has 0 saturated carbocycles. The lowest BCUT2D eigenvalue weighted by Gasteiger charge is -2.02. The van der Waals surface area contributed by atoms with Crippen LogP contribution in [0.2, 0.25) is 10.3 Å². The van der Waals surface area contributed by atoms with Crippen molar-refractivity contribution in [3.63, 3.8) is 0 Å². The van der Waals surface area contributed by atoms with Crippen LogP contribution in [0.25, 0.3) is 0 Å². The molecule has 0 bridgehead atoms. The van der Waals surface area contributed by atoms with Crippen molar-refractivity contribution in [3.8, 4) is 0 Å². The summed E-state index contributed by atoms with van der Waals surface area (Å²) in [4.78, 5) is 7.90. The van der Waals surface area contributed by atoms with E-state index in [1.165, 1.54) is 6.07 Å². The van der Waals surface area contributed by atoms with Crippen LogP contribution in [0.15, 0.2) is 28.9 Å². The molecule has 0 saturated heterocycles. The van der Waals surface area contributed by atoms with Crippen molar-refractivity contribution < 1.29 is 4.42 Å². The van der Waals surface area contributed by atoms with E-state index in [9.17, 15) is 0 Å². The molecule has 2 rings (SSSR count). The minimum Gasteiger partial charge on any atom is -0.467 e. The molecule has 4 nitrogen and oxygen atoms in total. The number of nitrogens with zero attached hydrogens (tertiary/aromatic N) is 2. The predicted molar refractivity (Wildman–Crippen MR) is 58.1 cm³/mol. The third kappa shape index (κ3) is 2.84. The summed E-state index contributed by atoms with van der Waals surface area (Å²) in [6, 6.07) is 5.13. The van der Waals surface area contributed by atoms with Gasteiger partial charge in [0.05, 0.1) is 12.8 Å². The molecule has 0 amide bonds. The topological polar surface area (TPSA) is 51.0 Å². The number of hydrogen-bond acceptors (Lipinski definition) is 4. The average molecular weight is 244 g/mol. The van der Waals surface area contributed by atoms with E-state index >= 15 is 0 Å². The van der Waals surface area contributed by atoms with E-state index in [4.69, 9.17) is 27.6 Å². The number of rotatable bonds is 3. The van der Waals surface area contributed by atoms with Crippen molar-refractivity contribution in [2.75, 3.05) is 5.32 Å². The van der Waals surface area contributed by atoms with Gasteiger partial charge in [-0.25, -0.2) is 9.97 Å². The fourth-order valence-corrected chi connectivity index (χ4v) is 1.47. The second-order valence-corrected chi connectivity index (χ2v) is 3.54. The van der Waals surface area contributed by atoms with E-state index in [-0.39, 0.29) is 0 Å². The first-order valence-corrected chi connectivity index (χ1v) is 4.96. The van der Waals surface area contributed by atoms with E-state index in [1.807, 2.05) is 12.1 Å². The second-order valence-electron chi connectivity index (χ2n) is 2.77. The summed E-state index contributed by atoms with van der Waals surface area (Å²) in [5.41, 5.74) is 0. The van der Waals surface area contributed by atoms with E-state index in [1.54, 1.807) is 6.26 Å². The molecular weight excluding hydrogens is 237 g/mol. The highest BCUT2D eigenvalue weighted by molar-refractivity contribution is 6.33. The summed E-state index contributed by atoms with van der Waals surface area (Å²) >= 11 is 11.4. The normalized spacial score (nSPS) is 10.3. The van der Waals surface area contributed by atoms with E-state index in [0.29, 0.717) is 22.8 Å². The molecule has 0 aromatic carbocycles. The smallest absolute Gasteiger partial charge is 0.225 e. The first-order chi connectivity index (χ1) is 7.24. The van der Waals surface area contributed by atoms with Crippen LogP contribution in [0.3, 0.4) is 0 Å². The molecule has 0 spiro atoms. The summed E-state index contributed by atoms with van der Waals surface area (Å²) in [5, 5.41) is 3.55. The molecule has 2 aromatic rings. The van der Waals surface area contributed by atoms with Crippen molar-refractivity contribution in [1.82, 2.24) is 9.97 Å². The van der Waals surface area contributed by atoms with Gasteiger partial charge < -0.3 is 9.73 Å². The number of furan rings is 1. The number of aromatic nitrogens is 2. The minimum absolute atomic E-state index is 0.303. The van der Waals surface area contributed by atoms with Gasteiger partial charge in [0.15, 0.2) is 0 Å². The zero-order chi connectivity index (χ0) is 10.7. The zero-order valence-electron chi connectivity index (χ0n) is 7.58. The Morgan fingerprint density at radius 1 is 1.27 bits per heavy atom. The summed E-state index contributed by atoms with van der Waals surface area (Å²) in [7, 11) is 0. The first-order valence-electron chi connectivity index (χ1n) is 4.20. The molecule has 0 atom stereocenters. The van der Waals surface area contributed by atoms with E-state index in [2.05, 4.69) is 15.3 Å². The Labute approximate surface area is 96.2 Å². The van der Waals surface area contributed by atoms with Crippen LogP contribution in [0.4, 0.5) is 5.95 Å². The lowest BCUT2D eigenvalue weighted by Crippen LogP contribution is -2.02. The van der Waals surface area contributed by atoms with E-state index in [0.717, 1.165) is 5.76 Å². The standard InChI is InChI=1S/C9H7Cl2N3O/c10-7-4-8(11)14-9(13-7)12-5-6-2-1-3-15-6/h1-4H,5H2,(H,12,13,14). The molecule has 78 valence electrons. The summed E-state index contributed by atoms with van der Waals surface area (Å²) in [6.45, 7) is 0.490. The SMILES string of the molecule is Clc1cc(Cl)nc(NCc2ccco2)n1. The highest BCUT2D eigenvalue weighted by atomic mass is 35.5. The highest BCUT2D eigenvalue weighted by Gasteiger charge is 2.02. The molecule has 2 aromatic heterocycles. The van der Waals surface area contributed by atoms with Gasteiger partial charge in [0.25, 0.3) is 0 Å². The Morgan fingerprint density at radius 3 is 2.60 bits per heavy atom. The second kappa shape index (κ2) is 4.51. The lowest BCUT2D eigenvalue weighted by molar-refractivity contribution is 0.517. The molecule has 0 aliphatic rings. The fraction of sp³-hybridized carbons (Fsp3) is 0.111. The number of nitrogens with one attached hydrogen (secondary N) is 1. The Morgan fingerprint density at radius 2 is 2.00 bits per heavy atom. The highest BCUT2D eigenvalue weighted by Crippen LogP contribution is 2.14. The molecule has 0 aliphatic carbocycles. The Bertz CT molecular complexity index is 424. The lowest BCUT2D eigenvalue weighted by atomic mass is 10.4. The van der Waals surface area contributed by atoms with Crippen molar-refractivity contribution >= 4 is 29.2 Å². The van der Waals surface area contributed by atoms with Crippen LogP contribution in [-0.2, 0) is 6.54 Å². The maximum Gasteiger partial charge on any atom is 0.225 e. The first kappa shape index (κ1) is 10.3. The van der Waals surface area contributed by atoms with Crippen LogP contribution >= 0.6 is 23.2 Å². The third-order valence-corrected chi connectivity index (χ3v) is 2.05. The van der Waals surface area contributed by atoms with Gasteiger partial charge in [-0.15, -0.1) is 0 Å². The zero-order valence-corrected chi connectivity index (χ0v) is 9.09. The van der Waals surface area contributed by atoms with Gasteiger partial charge >= 0.3 is 0 Å². The summed E-state index contributed by atoms with van der Waals surface area (Å²) in [6.07, 6.45) is 1.60. The van der Waals surface area contributed by atoms with Gasteiger partial charge in [-0.05, 0) is 12.1 Å². The van der Waals surface area contributed by atoms with Crippen LogP contribution in [0.1, 0.15) is 5.76 Å². The molecule has 0 radical (unpaired) electrons. The van der Waals surface area contributed by atoms with Gasteiger partial charge in [0.1, 0.15) is 16.1 Å². The number of anilines is 1. The molecular formula is C9H7Cl2N3O. The molecule has 2 heterocycles. The van der Waals surface area contributed by atoms with Crippen LogP contribution in [-0.4, -0.2) is 9.97 Å². The van der Waals surface area contributed by atoms with Gasteiger partial charge in [0.2, 0.25) is 5.95 Å². The summed E-state index contributed by atoms with van der Waals surface area (Å²) in [5.74, 6) is 1.17. The van der Waals surface area contributed by atoms with Gasteiger partial charge in [-0.2, -0.15) is 0 Å². The van der Waals surface area contributed by atoms with Crippen molar-refractivity contribution in [3.05, 3.63) is 40.5 Å². The Balaban J connectivity index is 2.05. The predicted octanol–water partition coefficient (Wildman–Crippen LogP) is 2.99. The van der Waals surface area contributed by atoms with Gasteiger partial charge in [-0.3, -0.25) is 0 Å². The number of hydrogen-bond donors (Lipinski definition) is 1. The fourth-order valence-electron chi connectivity index (χ4n) is 1.05. The van der Waals surface area contributed by atoms with Crippen molar-refractivity contribution in [2.24, 2.45) is 0 Å². The summed E-state index contributed by atoms with van der Waals surface area (Å²) < 4.78 is 5.13. The van der Waals surface area contributed by atoms with Crippen LogP contribution in [0, 0.1) is 0 Å². The quantitative estimate of drug-likeness (QED) is 0.843. The molecule has 1 N–H and O–H groups in total. The molecule has 6 heteroatoms. The molecule has 0 aliphatic heterocycles. The molecule has 0 unspecified atom stereocenters. The van der Waals surface area contributed by atoms with Crippen LogP contribution < -0.4 is 5.32 Å². The van der Waals surface area contributed by atoms with Crippen LogP contribution in [0.5, 0.6) is 0 Å². The molecule has 0 fully saturated rings.